The van der Waals surface area contributed by atoms with Crippen LogP contribution >= 0.6 is 0 Å². The van der Waals surface area contributed by atoms with E-state index in [4.69, 9.17) is 33.2 Å². The minimum absolute atomic E-state index is 0.0852. The van der Waals surface area contributed by atoms with Crippen LogP contribution in [0.25, 0.3) is 0 Å². The highest BCUT2D eigenvalue weighted by molar-refractivity contribution is 5.91. The van der Waals surface area contributed by atoms with Crippen molar-refractivity contribution in [2.24, 2.45) is 0 Å². The first kappa shape index (κ1) is 47.9. The topological polar surface area (TPSA) is 98.8 Å². The zero-order valence-electron chi connectivity index (χ0n) is 40.1. The Balaban J connectivity index is 1.04. The Morgan fingerprint density at radius 1 is 0.578 bits per heavy atom. The van der Waals surface area contributed by atoms with Crippen molar-refractivity contribution < 1.29 is 51.7 Å². The van der Waals surface area contributed by atoms with Crippen LogP contribution in [0.4, 0.5) is 0 Å². The van der Waals surface area contributed by atoms with Gasteiger partial charge in [0.15, 0.2) is 23.0 Å². The lowest BCUT2D eigenvalue weighted by molar-refractivity contribution is -0.941. The number of likely N-dealkylation sites (N-methyl/N-ethyl adjacent to an activating group) is 2. The average Bonchev–Trinajstić information content (AvgIpc) is 3.29. The smallest absolute Gasteiger partial charge is 0.331 e. The van der Waals surface area contributed by atoms with E-state index >= 15 is 0 Å². The largest absolute Gasteiger partial charge is 0.496 e. The number of quaternary nitrogens is 2. The average molecular weight is 879 g/mol. The molecule has 2 aliphatic rings. The Hall–Kier alpha value is -5.52. The molecule has 0 bridgehead atoms. The second-order valence-corrected chi connectivity index (χ2v) is 18.1. The van der Waals surface area contributed by atoms with E-state index in [0.29, 0.717) is 30.1 Å². The lowest BCUT2D eigenvalue weighted by Crippen LogP contribution is -2.53. The predicted octanol–water partition coefficient (Wildman–Crippen LogP) is 8.66. The predicted molar refractivity (Wildman–Crippen MR) is 250 cm³/mol. The molecule has 4 aromatic carbocycles. The molecule has 0 aromatic heterocycles. The molecule has 4 atom stereocenters. The monoisotopic (exact) mass is 879 g/mol. The van der Waals surface area contributed by atoms with Crippen LogP contribution in [-0.2, 0) is 44.7 Å². The Labute approximate surface area is 381 Å². The van der Waals surface area contributed by atoms with E-state index in [-0.39, 0.29) is 25.3 Å². The fraction of sp³-hybridized carbons (Fsp3) is 0.472. The molecule has 64 heavy (non-hydrogen) atoms. The van der Waals surface area contributed by atoms with Gasteiger partial charge < -0.3 is 42.1 Å². The molecule has 0 N–H and O–H groups in total. The van der Waals surface area contributed by atoms with Crippen molar-refractivity contribution >= 4 is 11.9 Å². The number of hydrogen-bond acceptors (Lipinski definition) is 9. The fourth-order valence-corrected chi connectivity index (χ4v) is 9.99. The van der Waals surface area contributed by atoms with Crippen molar-refractivity contribution in [2.75, 3.05) is 89.0 Å². The van der Waals surface area contributed by atoms with Gasteiger partial charge in [-0.05, 0) is 96.5 Å². The standard InChI is InChI=1S/C53H70N2O9/c1-35-14-15-39(28-36(35)2)31-45-52-42(29-37(3)38(4)53(52)62-11)21-25-55(45,6)23-13-27-64-51(57)19-18-50(56)63-26-12-22-54(5)24-20-41-33-48(60-9)49(61-10)34-43(41)44(54)30-40-16-17-46(58-7)47(32-40)59-8/h14-19,28-29,32-34,44-45H,12-13,20-27,30-31H2,1-11H3/q+2/b19-18-. The number of nitrogens with zero attached hydrogens (tertiary/aromatic N) is 2. The van der Waals surface area contributed by atoms with Crippen LogP contribution in [0.1, 0.15) is 80.6 Å². The maximum atomic E-state index is 12.8. The molecule has 344 valence electrons. The summed E-state index contributed by atoms with van der Waals surface area (Å²) in [7, 11) is 13.0. The van der Waals surface area contributed by atoms with Crippen LogP contribution in [0.5, 0.6) is 28.7 Å². The van der Waals surface area contributed by atoms with E-state index in [1.807, 2.05) is 12.1 Å². The van der Waals surface area contributed by atoms with E-state index in [0.717, 1.165) is 77.9 Å². The van der Waals surface area contributed by atoms with Gasteiger partial charge >= 0.3 is 11.9 Å². The Morgan fingerprint density at radius 3 is 1.70 bits per heavy atom. The second kappa shape index (κ2) is 21.0. The molecule has 2 aliphatic heterocycles. The van der Waals surface area contributed by atoms with Crippen molar-refractivity contribution in [3.05, 3.63) is 122 Å². The molecule has 0 amide bonds. The molecule has 4 unspecified atom stereocenters. The Kier molecular flexibility index (Phi) is 15.7. The fourth-order valence-electron chi connectivity index (χ4n) is 9.99. The van der Waals surface area contributed by atoms with Crippen LogP contribution in [0, 0.1) is 27.7 Å². The molecule has 0 fully saturated rings. The Bertz CT molecular complexity index is 2340. The zero-order valence-corrected chi connectivity index (χ0v) is 40.1. The number of rotatable bonds is 19. The summed E-state index contributed by atoms with van der Waals surface area (Å²) in [5.41, 5.74) is 12.5. The quantitative estimate of drug-likeness (QED) is 0.0397. The highest BCUT2D eigenvalue weighted by atomic mass is 16.5. The lowest BCUT2D eigenvalue weighted by Gasteiger charge is -2.46. The molecule has 4 aromatic rings. The van der Waals surface area contributed by atoms with Gasteiger partial charge in [-0.2, -0.15) is 0 Å². The van der Waals surface area contributed by atoms with E-state index in [1.165, 1.54) is 62.2 Å². The van der Waals surface area contributed by atoms with Crippen LogP contribution in [0.2, 0.25) is 0 Å². The molecule has 0 radical (unpaired) electrons. The SMILES string of the molecule is COc1ccc(CC2c3cc(OC)c(OC)cc3CC[N+]2(C)CCCOC(=O)/C=C\C(=O)OCCC[N+]2(C)CCc3cc(C)c(C)c(OC)c3C2Cc2ccc(C)c(C)c2)cc1OC. The zero-order chi connectivity index (χ0) is 46.2. The van der Waals surface area contributed by atoms with Crippen molar-refractivity contribution in [1.82, 2.24) is 0 Å². The van der Waals surface area contributed by atoms with E-state index in [1.54, 1.807) is 35.5 Å². The minimum atomic E-state index is -0.569. The third-order valence-electron chi connectivity index (χ3n) is 14.1. The summed E-state index contributed by atoms with van der Waals surface area (Å²) in [6, 6.07) is 19.6. The molecule has 0 saturated carbocycles. The van der Waals surface area contributed by atoms with Gasteiger partial charge in [0.2, 0.25) is 0 Å². The number of hydrogen-bond donors (Lipinski definition) is 0. The highest BCUT2D eigenvalue weighted by Gasteiger charge is 2.42. The maximum Gasteiger partial charge on any atom is 0.331 e. The third kappa shape index (κ3) is 10.7. The normalized spacial score (nSPS) is 20.2. The van der Waals surface area contributed by atoms with Crippen LogP contribution < -0.4 is 23.7 Å². The summed E-state index contributed by atoms with van der Waals surface area (Å²) in [5.74, 6) is 2.64. The van der Waals surface area contributed by atoms with E-state index < -0.39 is 11.9 Å². The first-order valence-corrected chi connectivity index (χ1v) is 22.6. The first-order valence-electron chi connectivity index (χ1n) is 22.6. The number of fused-ring (bicyclic) bond motifs is 2. The highest BCUT2D eigenvalue weighted by Crippen LogP contribution is 2.46. The van der Waals surface area contributed by atoms with Gasteiger partial charge in [0.1, 0.15) is 17.8 Å². The van der Waals surface area contributed by atoms with Crippen LogP contribution in [0.15, 0.2) is 66.7 Å². The second-order valence-electron chi connectivity index (χ2n) is 18.1. The van der Waals surface area contributed by atoms with Gasteiger partial charge in [-0.15, -0.1) is 0 Å². The van der Waals surface area contributed by atoms with Gasteiger partial charge in [-0.25, -0.2) is 9.59 Å². The summed E-state index contributed by atoms with van der Waals surface area (Å²) in [5, 5.41) is 0. The van der Waals surface area contributed by atoms with Gasteiger partial charge in [0.05, 0.1) is 94.6 Å². The summed E-state index contributed by atoms with van der Waals surface area (Å²) in [6.07, 6.45) is 7.11. The summed E-state index contributed by atoms with van der Waals surface area (Å²) in [4.78, 5) is 25.6. The molecule has 0 saturated heterocycles. The number of carbonyl (C=O) groups excluding carboxylic acids is 2. The van der Waals surface area contributed by atoms with Crippen LogP contribution in [0.3, 0.4) is 0 Å². The molecular formula is C53H70N2O9+2. The summed E-state index contributed by atoms with van der Waals surface area (Å²) < 4.78 is 41.4. The molecule has 11 nitrogen and oxygen atoms in total. The molecule has 11 heteroatoms. The number of aryl methyl sites for hydroxylation is 3. The van der Waals surface area contributed by atoms with Crippen molar-refractivity contribution in [3.8, 4) is 28.7 Å². The number of benzene rings is 4. The third-order valence-corrected chi connectivity index (χ3v) is 14.1. The van der Waals surface area contributed by atoms with Crippen molar-refractivity contribution in [1.29, 1.82) is 0 Å². The van der Waals surface area contributed by atoms with E-state index in [2.05, 4.69) is 84.3 Å². The van der Waals surface area contributed by atoms with E-state index in [9.17, 15) is 9.59 Å². The van der Waals surface area contributed by atoms with Gasteiger partial charge in [0.25, 0.3) is 0 Å². The number of carbonyl (C=O) groups is 2. The van der Waals surface area contributed by atoms with Gasteiger partial charge in [-0.3, -0.25) is 0 Å². The lowest BCUT2D eigenvalue weighted by atomic mass is 9.83. The summed E-state index contributed by atoms with van der Waals surface area (Å²) in [6.45, 7) is 12.6. The van der Waals surface area contributed by atoms with Crippen molar-refractivity contribution in [3.63, 3.8) is 0 Å². The molecular weight excluding hydrogens is 809 g/mol. The summed E-state index contributed by atoms with van der Waals surface area (Å²) >= 11 is 0. The molecule has 6 rings (SSSR count). The number of methoxy groups -OCH3 is 5. The number of ether oxygens (including phenoxy) is 7. The molecule has 0 spiro atoms. The maximum absolute atomic E-state index is 12.8. The molecule has 0 aliphatic carbocycles. The number of esters is 2. The van der Waals surface area contributed by atoms with Crippen LogP contribution in [-0.4, -0.2) is 110 Å². The first-order chi connectivity index (χ1) is 30.7. The van der Waals surface area contributed by atoms with Gasteiger partial charge in [0, 0.05) is 56.2 Å². The Morgan fingerprint density at radius 2 is 1.11 bits per heavy atom. The minimum Gasteiger partial charge on any atom is -0.496 e. The van der Waals surface area contributed by atoms with Crippen molar-refractivity contribution in [2.45, 2.75) is 78.3 Å². The molecule has 2 heterocycles. The van der Waals surface area contributed by atoms with Gasteiger partial charge in [-0.1, -0.05) is 30.3 Å².